The first-order valence-electron chi connectivity index (χ1n) is 15.7. The summed E-state index contributed by atoms with van der Waals surface area (Å²) in [6.45, 7) is 5.26. The van der Waals surface area contributed by atoms with Gasteiger partial charge in [-0.25, -0.2) is 14.6 Å². The second kappa shape index (κ2) is 17.4. The Bertz CT molecular complexity index is 1680. The maximum Gasteiger partial charge on any atom is 0.511 e. The lowest BCUT2D eigenvalue weighted by molar-refractivity contribution is -0.153. The molecule has 3 aromatic rings. The summed E-state index contributed by atoms with van der Waals surface area (Å²) in [6.07, 6.45) is 0.998. The van der Waals surface area contributed by atoms with Crippen LogP contribution in [0, 0.1) is 11.3 Å². The van der Waals surface area contributed by atoms with Crippen molar-refractivity contribution < 1.29 is 38.1 Å². The molecule has 4 rings (SSSR count). The van der Waals surface area contributed by atoms with Crippen LogP contribution in [0.25, 0.3) is 0 Å². The van der Waals surface area contributed by atoms with Crippen molar-refractivity contribution in [1.29, 1.82) is 5.41 Å². The number of hydrogen-bond donors (Lipinski definition) is 3. The van der Waals surface area contributed by atoms with Crippen LogP contribution in [0.4, 0.5) is 26.8 Å². The minimum absolute atomic E-state index is 0.0330. The molecule has 0 radical (unpaired) electrons. The molecule has 0 saturated heterocycles. The van der Waals surface area contributed by atoms with Gasteiger partial charge in [-0.3, -0.25) is 30.2 Å². The van der Waals surface area contributed by atoms with E-state index < -0.39 is 25.0 Å². The highest BCUT2D eigenvalue weighted by Crippen LogP contribution is 2.30. The molecule has 0 spiro atoms. The number of rotatable bonds is 12. The van der Waals surface area contributed by atoms with E-state index in [9.17, 15) is 19.2 Å². The molecule has 1 aromatic heterocycles. The van der Waals surface area contributed by atoms with E-state index in [0.717, 1.165) is 29.8 Å². The Morgan fingerprint density at radius 3 is 2.47 bits per heavy atom. The monoisotopic (exact) mass is 672 g/mol. The van der Waals surface area contributed by atoms with Crippen molar-refractivity contribution in [3.05, 3.63) is 83.6 Å². The highest BCUT2D eigenvalue weighted by atomic mass is 16.8. The summed E-state index contributed by atoms with van der Waals surface area (Å²) < 4.78 is 19.1. The molecule has 1 aliphatic rings. The van der Waals surface area contributed by atoms with Crippen molar-refractivity contribution >= 4 is 52.9 Å². The van der Waals surface area contributed by atoms with Gasteiger partial charge in [-0.2, -0.15) is 0 Å². The van der Waals surface area contributed by atoms with Crippen molar-refractivity contribution in [2.45, 2.75) is 46.1 Å². The molecule has 2 heterocycles. The minimum Gasteiger partial charge on any atom is -0.453 e. The van der Waals surface area contributed by atoms with Gasteiger partial charge in [0.05, 0.1) is 31.9 Å². The number of carbonyl (C=O) groups excluding carboxylic acids is 4. The van der Waals surface area contributed by atoms with Gasteiger partial charge in [-0.05, 0) is 86.7 Å². The van der Waals surface area contributed by atoms with Crippen molar-refractivity contribution in [3.8, 4) is 0 Å². The Kier molecular flexibility index (Phi) is 12.8. The number of fused-ring (bicyclic) bond motifs is 1. The Morgan fingerprint density at radius 1 is 1.02 bits per heavy atom. The van der Waals surface area contributed by atoms with Crippen LogP contribution in [0.2, 0.25) is 0 Å². The number of amidine groups is 1. The number of aliphatic imine (C=N–C) groups is 1. The Labute approximate surface area is 284 Å². The topological polar surface area (TPSA) is 182 Å². The third-order valence-corrected chi connectivity index (χ3v) is 7.51. The summed E-state index contributed by atoms with van der Waals surface area (Å²) in [5.74, 6) is -0.585. The van der Waals surface area contributed by atoms with Gasteiger partial charge in [0.2, 0.25) is 6.79 Å². The second-order valence-corrected chi connectivity index (χ2v) is 11.4. The molecular weight excluding hydrogens is 632 g/mol. The van der Waals surface area contributed by atoms with Crippen molar-refractivity contribution in [2.75, 3.05) is 37.2 Å². The molecule has 14 heteroatoms. The molecule has 2 amide bonds. The van der Waals surface area contributed by atoms with Crippen LogP contribution in [0.3, 0.4) is 0 Å². The highest BCUT2D eigenvalue weighted by Gasteiger charge is 2.23. The van der Waals surface area contributed by atoms with E-state index in [1.165, 1.54) is 12.0 Å². The Hall–Kier alpha value is -5.79. The summed E-state index contributed by atoms with van der Waals surface area (Å²) in [7, 11) is 1.23. The van der Waals surface area contributed by atoms with Gasteiger partial charge in [0.1, 0.15) is 11.7 Å². The SMILES string of the molecule is COC(=O)NC(=N)c1ccc(NCC2=Nc3cc(C(=O)N(CCC(=O)OCOC(=O)OC(C)C)c4ccccn4)ccc3CCC2C)cc1. The van der Waals surface area contributed by atoms with E-state index in [1.54, 1.807) is 62.5 Å². The van der Waals surface area contributed by atoms with Gasteiger partial charge < -0.3 is 24.3 Å². The fourth-order valence-electron chi connectivity index (χ4n) is 4.84. The van der Waals surface area contributed by atoms with Gasteiger partial charge >= 0.3 is 18.2 Å². The number of carbonyl (C=O) groups is 4. The smallest absolute Gasteiger partial charge is 0.453 e. The van der Waals surface area contributed by atoms with E-state index in [2.05, 4.69) is 27.3 Å². The van der Waals surface area contributed by atoms with Crippen LogP contribution in [0.15, 0.2) is 71.9 Å². The average molecular weight is 673 g/mol. The predicted octanol–water partition coefficient (Wildman–Crippen LogP) is 5.63. The number of esters is 1. The molecule has 258 valence electrons. The van der Waals surface area contributed by atoms with Gasteiger partial charge in [-0.1, -0.05) is 19.1 Å². The number of pyridine rings is 1. The molecule has 3 N–H and O–H groups in total. The van der Waals surface area contributed by atoms with Crippen LogP contribution in [-0.4, -0.2) is 73.8 Å². The standard InChI is InChI=1S/C35H40N6O8/c1-22(2)49-35(45)48-21-47-31(42)16-18-41(30-7-5-6-17-37-30)33(43)26-11-10-24-9-8-23(3)29(39-28(24)19-26)20-38-27-14-12-25(13-15-27)32(36)40-34(44)46-4/h5-7,10-15,17,19,22-23,38H,8-9,16,18,20-21H2,1-4H3,(H2,36,40,44). The Balaban J connectivity index is 1.45. The van der Waals surface area contributed by atoms with E-state index in [4.69, 9.17) is 24.6 Å². The number of hydrogen-bond acceptors (Lipinski definition) is 12. The lowest BCUT2D eigenvalue weighted by Crippen LogP contribution is -2.34. The van der Waals surface area contributed by atoms with Crippen LogP contribution in [-0.2, 0) is 30.2 Å². The number of aryl methyl sites for hydroxylation is 1. The summed E-state index contributed by atoms with van der Waals surface area (Å²) in [5.41, 5.74) is 4.33. The molecular formula is C35H40N6O8. The summed E-state index contributed by atoms with van der Waals surface area (Å²) in [4.78, 5) is 60.0. The lowest BCUT2D eigenvalue weighted by Gasteiger charge is -2.22. The molecule has 1 unspecified atom stereocenters. The van der Waals surface area contributed by atoms with Crippen molar-refractivity contribution in [1.82, 2.24) is 10.3 Å². The van der Waals surface area contributed by atoms with Crippen LogP contribution < -0.4 is 15.5 Å². The van der Waals surface area contributed by atoms with Gasteiger partial charge in [0, 0.05) is 35.3 Å². The molecule has 0 saturated carbocycles. The number of anilines is 2. The molecule has 14 nitrogen and oxygen atoms in total. The molecule has 0 bridgehead atoms. The van der Waals surface area contributed by atoms with E-state index >= 15 is 0 Å². The lowest BCUT2D eigenvalue weighted by atomic mass is 9.97. The molecule has 0 fully saturated rings. The van der Waals surface area contributed by atoms with Gasteiger partial charge in [0.15, 0.2) is 0 Å². The number of nitrogens with one attached hydrogen (secondary N) is 3. The number of amides is 2. The van der Waals surface area contributed by atoms with Crippen LogP contribution >= 0.6 is 0 Å². The molecule has 1 atom stereocenters. The number of methoxy groups -OCH3 is 1. The van der Waals surface area contributed by atoms with E-state index in [-0.39, 0.29) is 36.7 Å². The Morgan fingerprint density at radius 2 is 1.78 bits per heavy atom. The second-order valence-electron chi connectivity index (χ2n) is 11.4. The quantitative estimate of drug-likeness (QED) is 0.0717. The normalized spacial score (nSPS) is 13.6. The van der Waals surface area contributed by atoms with Gasteiger partial charge in [0.25, 0.3) is 5.91 Å². The average Bonchev–Trinajstić information content (AvgIpc) is 3.25. The first-order chi connectivity index (χ1) is 23.5. The maximum absolute atomic E-state index is 13.9. The highest BCUT2D eigenvalue weighted by molar-refractivity contribution is 6.07. The number of alkyl carbamates (subject to hydrolysis) is 1. The minimum atomic E-state index is -0.949. The van der Waals surface area contributed by atoms with Crippen LogP contribution in [0.1, 0.15) is 55.1 Å². The molecule has 49 heavy (non-hydrogen) atoms. The fourth-order valence-corrected chi connectivity index (χ4v) is 4.84. The summed E-state index contributed by atoms with van der Waals surface area (Å²) in [6, 6.07) is 17.6. The molecule has 0 aliphatic carbocycles. The van der Waals surface area contributed by atoms with E-state index in [0.29, 0.717) is 29.2 Å². The predicted molar refractivity (Wildman–Crippen MR) is 183 cm³/mol. The third kappa shape index (κ3) is 10.6. The number of aromatic nitrogens is 1. The van der Waals surface area contributed by atoms with Gasteiger partial charge in [-0.15, -0.1) is 0 Å². The fraction of sp³-hybridized carbons (Fsp3) is 0.343. The maximum atomic E-state index is 13.9. The molecule has 1 aliphatic heterocycles. The molecule has 2 aromatic carbocycles. The zero-order valence-corrected chi connectivity index (χ0v) is 27.9. The zero-order chi connectivity index (χ0) is 35.3. The first kappa shape index (κ1) is 36.1. The van der Waals surface area contributed by atoms with Crippen LogP contribution in [0.5, 0.6) is 0 Å². The largest absolute Gasteiger partial charge is 0.511 e. The van der Waals surface area contributed by atoms with Crippen molar-refractivity contribution in [2.24, 2.45) is 10.9 Å². The summed E-state index contributed by atoms with van der Waals surface area (Å²) >= 11 is 0. The number of benzene rings is 2. The zero-order valence-electron chi connectivity index (χ0n) is 27.9. The third-order valence-electron chi connectivity index (χ3n) is 7.51. The number of ether oxygens (including phenoxy) is 4. The van der Waals surface area contributed by atoms with Crippen molar-refractivity contribution in [3.63, 3.8) is 0 Å². The van der Waals surface area contributed by atoms with E-state index in [1.807, 2.05) is 18.2 Å². The first-order valence-corrected chi connectivity index (χ1v) is 15.7. The summed E-state index contributed by atoms with van der Waals surface area (Å²) in [5, 5.41) is 13.7. The number of nitrogens with zero attached hydrogens (tertiary/aromatic N) is 3.